The fraction of sp³-hybridized carbons (Fsp3) is 0.143. The minimum atomic E-state index is -0.157. The molecule has 0 unspecified atom stereocenters. The molecule has 0 atom stereocenters. The van der Waals surface area contributed by atoms with Gasteiger partial charge in [-0.1, -0.05) is 0 Å². The Balaban J connectivity index is 0.000000810. The molecule has 0 N–H and O–H groups in total. The first-order chi connectivity index (χ1) is 4.33. The fourth-order valence-electron chi connectivity index (χ4n) is 0.651. The van der Waals surface area contributed by atoms with Crippen molar-refractivity contribution in [1.82, 2.24) is 0 Å². The van der Waals surface area contributed by atoms with E-state index >= 15 is 0 Å². The molecule has 0 amide bonds. The molecule has 1 aromatic carbocycles. The molecule has 3 heteroatoms. The maximum atomic E-state index is 12.2. The van der Waals surface area contributed by atoms with Crippen molar-refractivity contribution in [2.24, 2.45) is 0 Å². The molecule has 0 aromatic heterocycles. The minimum absolute atomic E-state index is 0. The van der Waals surface area contributed by atoms with Crippen LogP contribution in [-0.4, -0.2) is 21.7 Å². The summed E-state index contributed by atoms with van der Waals surface area (Å²) < 4.78 is 13.2. The quantitative estimate of drug-likeness (QED) is 0.498. The predicted octanol–water partition coefficient (Wildman–Crippen LogP) is -1.50. The maximum Gasteiger partial charge on any atom is -1.00 e. The van der Waals surface area contributed by atoms with E-state index in [-0.39, 0.29) is 22.8 Å². The Morgan fingerprint density at radius 1 is 1.20 bits per heavy atom. The van der Waals surface area contributed by atoms with Gasteiger partial charge in [-0.05, 0) is 0 Å². The van der Waals surface area contributed by atoms with Gasteiger partial charge >= 0.3 is 66.3 Å². The van der Waals surface area contributed by atoms with Gasteiger partial charge in [0.1, 0.15) is 0 Å². The van der Waals surface area contributed by atoms with Gasteiger partial charge in [-0.2, -0.15) is 0 Å². The standard InChI is InChI=1S/C7H6F.BrH.Mg/c1-6-2-4-7(8)5-3-6;;/h2-5H,1H2;1H;/q;;+1/p-1. The van der Waals surface area contributed by atoms with Crippen LogP contribution in [0.5, 0.6) is 0 Å². The zero-order chi connectivity index (χ0) is 6.69. The Bertz CT molecular complexity index is 185. The summed E-state index contributed by atoms with van der Waals surface area (Å²) in [4.78, 5) is 0. The van der Waals surface area contributed by atoms with Crippen LogP contribution in [0.2, 0.25) is 0 Å². The van der Waals surface area contributed by atoms with Gasteiger partial charge in [0, 0.05) is 0 Å². The molecule has 0 aliphatic heterocycles. The summed E-state index contributed by atoms with van der Waals surface area (Å²) in [6.07, 6.45) is 0. The molecule has 0 fully saturated rings. The molecule has 10 heavy (non-hydrogen) atoms. The first kappa shape index (κ1) is 10.4. The summed E-state index contributed by atoms with van der Waals surface area (Å²) >= 11 is 1.87. The van der Waals surface area contributed by atoms with Crippen molar-refractivity contribution in [3.63, 3.8) is 0 Å². The van der Waals surface area contributed by atoms with E-state index in [1.807, 2.05) is 33.8 Å². The monoisotopic (exact) mass is 212 g/mol. The largest absolute Gasteiger partial charge is 1.00 e. The van der Waals surface area contributed by atoms with Crippen LogP contribution in [0.25, 0.3) is 0 Å². The molecule has 0 radical (unpaired) electrons. The Morgan fingerprint density at radius 2 is 1.70 bits per heavy atom. The minimum Gasteiger partial charge on any atom is -1.00 e. The van der Waals surface area contributed by atoms with Crippen LogP contribution in [0.1, 0.15) is 5.56 Å². The maximum absolute atomic E-state index is 12.2. The number of hydrogen-bond donors (Lipinski definition) is 0. The van der Waals surface area contributed by atoms with Crippen LogP contribution < -0.4 is 17.0 Å². The van der Waals surface area contributed by atoms with Crippen molar-refractivity contribution in [3.8, 4) is 0 Å². The summed E-state index contributed by atoms with van der Waals surface area (Å²) in [5, 5.41) is 0. The molecule has 1 rings (SSSR count). The van der Waals surface area contributed by atoms with E-state index in [2.05, 4.69) is 0 Å². The topological polar surface area (TPSA) is 0 Å². The third kappa shape index (κ3) is 2.99. The number of rotatable bonds is 1. The molecule has 0 bridgehead atoms. The van der Waals surface area contributed by atoms with E-state index in [4.69, 9.17) is 0 Å². The zero-order valence-corrected chi connectivity index (χ0v) is 8.48. The summed E-state index contributed by atoms with van der Waals surface area (Å²) in [5.41, 5.74) is 1.19. The van der Waals surface area contributed by atoms with Crippen molar-refractivity contribution < 1.29 is 21.4 Å². The van der Waals surface area contributed by atoms with Gasteiger partial charge in [0.25, 0.3) is 0 Å². The van der Waals surface area contributed by atoms with Crippen LogP contribution in [0.15, 0.2) is 24.3 Å². The van der Waals surface area contributed by atoms with Gasteiger partial charge in [0.2, 0.25) is 0 Å². The van der Waals surface area contributed by atoms with Crippen molar-refractivity contribution in [1.29, 1.82) is 0 Å². The average molecular weight is 213 g/mol. The van der Waals surface area contributed by atoms with Crippen LogP contribution >= 0.6 is 0 Å². The summed E-state index contributed by atoms with van der Waals surface area (Å²) in [5.74, 6) is -0.157. The van der Waals surface area contributed by atoms with Gasteiger partial charge in [0.15, 0.2) is 0 Å². The first-order valence-electron chi connectivity index (χ1n) is 2.86. The van der Waals surface area contributed by atoms with Crippen LogP contribution in [0.4, 0.5) is 4.39 Å². The average Bonchev–Trinajstić information content (AvgIpc) is 1.90. The van der Waals surface area contributed by atoms with Crippen molar-refractivity contribution in [3.05, 3.63) is 35.6 Å². The molecule has 0 aliphatic rings. The molecule has 0 nitrogen and oxygen atoms in total. The second kappa shape index (κ2) is 5.10. The van der Waals surface area contributed by atoms with E-state index in [9.17, 15) is 4.39 Å². The smallest absolute Gasteiger partial charge is 1.00 e. The van der Waals surface area contributed by atoms with Gasteiger partial charge < -0.3 is 17.0 Å². The zero-order valence-electron chi connectivity index (χ0n) is 5.48. The van der Waals surface area contributed by atoms with Crippen LogP contribution in [0.3, 0.4) is 0 Å². The predicted molar refractivity (Wildman–Crippen MR) is 35.9 cm³/mol. The SMILES string of the molecule is Fc1ccc([CH2][Mg+])cc1.[Br-]. The Hall–Kier alpha value is 0.396. The van der Waals surface area contributed by atoms with E-state index in [0.717, 1.165) is 4.55 Å². The number of benzene rings is 1. The van der Waals surface area contributed by atoms with Crippen molar-refractivity contribution >= 4 is 21.7 Å². The molecule has 50 valence electrons. The number of hydrogen-bond acceptors (Lipinski definition) is 0. The second-order valence-electron chi connectivity index (χ2n) is 1.88. The van der Waals surface area contributed by atoms with Crippen LogP contribution in [-0.2, 0) is 4.55 Å². The summed E-state index contributed by atoms with van der Waals surface area (Å²) in [7, 11) is 0. The third-order valence-corrected chi connectivity index (χ3v) is 1.78. The van der Waals surface area contributed by atoms with E-state index in [1.54, 1.807) is 0 Å². The van der Waals surface area contributed by atoms with Gasteiger partial charge in [-0.15, -0.1) is 0 Å². The third-order valence-electron chi connectivity index (χ3n) is 1.20. The van der Waals surface area contributed by atoms with E-state index in [0.29, 0.717) is 0 Å². The molecule has 0 heterocycles. The van der Waals surface area contributed by atoms with E-state index in [1.165, 1.54) is 17.7 Å². The van der Waals surface area contributed by atoms with Crippen LogP contribution in [0, 0.1) is 5.82 Å². The van der Waals surface area contributed by atoms with Gasteiger partial charge in [0.05, 0.1) is 0 Å². The van der Waals surface area contributed by atoms with Crippen molar-refractivity contribution in [2.75, 3.05) is 0 Å². The molecule has 0 aliphatic carbocycles. The first-order valence-corrected chi connectivity index (χ1v) is 3.86. The Kier molecular flexibility index (Phi) is 5.30. The normalized spacial score (nSPS) is 8.70. The second-order valence-corrected chi connectivity index (χ2v) is 2.38. The molecule has 0 saturated carbocycles. The van der Waals surface area contributed by atoms with Crippen molar-refractivity contribution in [2.45, 2.75) is 4.55 Å². The van der Waals surface area contributed by atoms with Gasteiger partial charge in [-0.25, -0.2) is 0 Å². The summed E-state index contributed by atoms with van der Waals surface area (Å²) in [6.45, 7) is 0. The molecule has 1 aromatic rings. The Morgan fingerprint density at radius 3 is 2.10 bits per heavy atom. The molecule has 0 spiro atoms. The molecular formula is C7H6BrFMg. The molecule has 0 saturated heterocycles. The molecular weight excluding hydrogens is 207 g/mol. The van der Waals surface area contributed by atoms with E-state index < -0.39 is 0 Å². The summed E-state index contributed by atoms with van der Waals surface area (Å²) in [6, 6.07) is 6.59. The number of halogens is 2. The Labute approximate surface area is 83.0 Å². The van der Waals surface area contributed by atoms with Gasteiger partial charge in [-0.3, -0.25) is 0 Å². The fourth-order valence-corrected chi connectivity index (χ4v) is 0.984.